The van der Waals surface area contributed by atoms with Crippen LogP contribution in [0.25, 0.3) is 0 Å². The molecule has 2 unspecified atom stereocenters. The Morgan fingerprint density at radius 1 is 1.40 bits per heavy atom. The van der Waals surface area contributed by atoms with Gasteiger partial charge in [-0.3, -0.25) is 4.79 Å². The van der Waals surface area contributed by atoms with E-state index < -0.39 is 6.10 Å². The molecule has 0 aliphatic carbocycles. The molecule has 20 heavy (non-hydrogen) atoms. The van der Waals surface area contributed by atoms with Crippen LogP contribution >= 0.6 is 0 Å². The molecule has 2 heterocycles. The number of carbonyl (C=O) groups is 1. The van der Waals surface area contributed by atoms with Crippen molar-refractivity contribution in [2.45, 2.75) is 18.6 Å². The zero-order valence-corrected chi connectivity index (χ0v) is 10.7. The maximum atomic E-state index is 13.3. The van der Waals surface area contributed by atoms with Crippen molar-refractivity contribution in [1.82, 2.24) is 4.90 Å². The molecule has 1 fully saturated rings. The Bertz CT molecular complexity index is 611. The van der Waals surface area contributed by atoms with Crippen LogP contribution < -0.4 is 0 Å². The molecule has 5 heteroatoms. The molecule has 0 spiro atoms. The number of likely N-dealkylation sites (tertiary alicyclic amines) is 1. The van der Waals surface area contributed by atoms with Crippen LogP contribution in [-0.4, -0.2) is 28.6 Å². The third-order valence-electron chi connectivity index (χ3n) is 3.54. The van der Waals surface area contributed by atoms with Crippen LogP contribution in [0.5, 0.6) is 0 Å². The molecule has 2 atom stereocenters. The third kappa shape index (κ3) is 2.32. The van der Waals surface area contributed by atoms with E-state index in [9.17, 15) is 14.3 Å². The first-order chi connectivity index (χ1) is 9.65. The average Bonchev–Trinajstić information content (AvgIpc) is 3.07. The maximum Gasteiger partial charge on any atom is 0.257 e. The number of halogens is 1. The van der Waals surface area contributed by atoms with Crippen LogP contribution in [0.15, 0.2) is 47.3 Å². The topological polar surface area (TPSA) is 53.7 Å². The molecular formula is C15H14FNO3. The fourth-order valence-electron chi connectivity index (χ4n) is 2.62. The largest absolute Gasteiger partial charge is 0.472 e. The zero-order chi connectivity index (χ0) is 14.1. The van der Waals surface area contributed by atoms with Gasteiger partial charge in [0.05, 0.1) is 24.0 Å². The normalized spacial score (nSPS) is 22.2. The number of carbonyl (C=O) groups excluding carboxylic acids is 1. The minimum absolute atomic E-state index is 0.218. The van der Waals surface area contributed by atoms with Crippen molar-refractivity contribution in [2.75, 3.05) is 6.54 Å². The van der Waals surface area contributed by atoms with E-state index in [-0.39, 0.29) is 24.3 Å². The van der Waals surface area contributed by atoms with Crippen LogP contribution in [-0.2, 0) is 0 Å². The van der Waals surface area contributed by atoms with E-state index in [2.05, 4.69) is 0 Å². The van der Waals surface area contributed by atoms with Crippen molar-refractivity contribution in [2.24, 2.45) is 0 Å². The number of β-amino-alcohol motifs (C(OH)–C–C–N with tert-alkyl or cyclic N) is 1. The summed E-state index contributed by atoms with van der Waals surface area (Å²) < 4.78 is 18.3. The first kappa shape index (κ1) is 12.9. The first-order valence-electron chi connectivity index (χ1n) is 6.42. The number of aliphatic hydroxyl groups excluding tert-OH is 1. The molecular weight excluding hydrogens is 261 g/mol. The van der Waals surface area contributed by atoms with E-state index in [0.29, 0.717) is 17.5 Å². The van der Waals surface area contributed by atoms with Gasteiger partial charge in [-0.2, -0.15) is 0 Å². The van der Waals surface area contributed by atoms with Crippen LogP contribution in [0, 0.1) is 5.82 Å². The zero-order valence-electron chi connectivity index (χ0n) is 10.7. The first-order valence-corrected chi connectivity index (χ1v) is 6.42. The van der Waals surface area contributed by atoms with Crippen LogP contribution in [0.2, 0.25) is 0 Å². The van der Waals surface area contributed by atoms with Crippen molar-refractivity contribution in [3.8, 4) is 0 Å². The van der Waals surface area contributed by atoms with Gasteiger partial charge in [-0.1, -0.05) is 12.1 Å². The summed E-state index contributed by atoms with van der Waals surface area (Å²) in [6, 6.07) is 7.39. The Morgan fingerprint density at radius 2 is 2.25 bits per heavy atom. The Kier molecular flexibility index (Phi) is 3.28. The van der Waals surface area contributed by atoms with E-state index in [1.807, 2.05) is 0 Å². The fourth-order valence-corrected chi connectivity index (χ4v) is 2.62. The van der Waals surface area contributed by atoms with Gasteiger partial charge >= 0.3 is 0 Å². The Balaban J connectivity index is 1.91. The number of aliphatic hydroxyl groups is 1. The monoisotopic (exact) mass is 275 g/mol. The lowest BCUT2D eigenvalue weighted by Crippen LogP contribution is -2.31. The van der Waals surface area contributed by atoms with E-state index in [4.69, 9.17) is 4.42 Å². The lowest BCUT2D eigenvalue weighted by molar-refractivity contribution is 0.0715. The molecule has 1 N–H and O–H groups in total. The highest BCUT2D eigenvalue weighted by atomic mass is 19.1. The molecule has 4 nitrogen and oxygen atoms in total. The molecule has 0 bridgehead atoms. The molecule has 104 valence electrons. The van der Waals surface area contributed by atoms with Gasteiger partial charge in [0.15, 0.2) is 0 Å². The van der Waals surface area contributed by atoms with Crippen LogP contribution in [0.1, 0.15) is 28.4 Å². The minimum atomic E-state index is -0.598. The van der Waals surface area contributed by atoms with Crippen molar-refractivity contribution in [1.29, 1.82) is 0 Å². The molecule has 1 saturated heterocycles. The molecule has 0 saturated carbocycles. The predicted molar refractivity (Wildman–Crippen MR) is 69.5 cm³/mol. The summed E-state index contributed by atoms with van der Waals surface area (Å²) in [7, 11) is 0. The average molecular weight is 275 g/mol. The Hall–Kier alpha value is -2.14. The van der Waals surface area contributed by atoms with Gasteiger partial charge < -0.3 is 14.4 Å². The molecule has 1 aliphatic heterocycles. The maximum absolute atomic E-state index is 13.3. The summed E-state index contributed by atoms with van der Waals surface area (Å²) in [5.74, 6) is -0.566. The SMILES string of the molecule is O=C(c1ccoc1)N1CC(O)CC1c1cccc(F)c1. The minimum Gasteiger partial charge on any atom is -0.472 e. The van der Waals surface area contributed by atoms with E-state index in [1.54, 1.807) is 23.1 Å². The smallest absolute Gasteiger partial charge is 0.257 e. The molecule has 1 aliphatic rings. The number of furan rings is 1. The fraction of sp³-hybridized carbons (Fsp3) is 0.267. The van der Waals surface area contributed by atoms with Gasteiger partial charge in [-0.25, -0.2) is 4.39 Å². The quantitative estimate of drug-likeness (QED) is 0.915. The van der Waals surface area contributed by atoms with Crippen molar-refractivity contribution in [3.05, 3.63) is 59.8 Å². The molecule has 1 aromatic carbocycles. The number of benzene rings is 1. The standard InChI is InChI=1S/C15H14FNO3/c16-12-3-1-2-10(6-12)14-7-13(18)8-17(14)15(19)11-4-5-20-9-11/h1-6,9,13-14,18H,7-8H2. The van der Waals surface area contributed by atoms with Gasteiger partial charge in [-0.15, -0.1) is 0 Å². The molecule has 1 amide bonds. The predicted octanol–water partition coefficient (Wildman–Crippen LogP) is 2.37. The summed E-state index contributed by atoms with van der Waals surface area (Å²) in [6.07, 6.45) is 2.61. The van der Waals surface area contributed by atoms with Gasteiger partial charge in [0, 0.05) is 6.54 Å². The summed E-state index contributed by atoms with van der Waals surface area (Å²) in [4.78, 5) is 13.9. The van der Waals surface area contributed by atoms with Crippen molar-refractivity contribution >= 4 is 5.91 Å². The number of nitrogens with zero attached hydrogens (tertiary/aromatic N) is 1. The molecule has 2 aromatic rings. The third-order valence-corrected chi connectivity index (χ3v) is 3.54. The Labute approximate surface area is 115 Å². The highest BCUT2D eigenvalue weighted by molar-refractivity contribution is 5.94. The lowest BCUT2D eigenvalue weighted by atomic mass is 10.0. The van der Waals surface area contributed by atoms with Crippen molar-refractivity contribution in [3.63, 3.8) is 0 Å². The molecule has 0 radical (unpaired) electrons. The van der Waals surface area contributed by atoms with E-state index in [0.717, 1.165) is 0 Å². The highest BCUT2D eigenvalue weighted by Gasteiger charge is 2.36. The lowest BCUT2D eigenvalue weighted by Gasteiger charge is -2.24. The number of rotatable bonds is 2. The number of amides is 1. The van der Waals surface area contributed by atoms with Gasteiger partial charge in [0.2, 0.25) is 0 Å². The summed E-state index contributed by atoms with van der Waals surface area (Å²) in [5.41, 5.74) is 1.12. The van der Waals surface area contributed by atoms with Gasteiger partial charge in [0.1, 0.15) is 12.1 Å². The Morgan fingerprint density at radius 3 is 2.95 bits per heavy atom. The number of hydrogen-bond donors (Lipinski definition) is 1. The molecule has 3 rings (SSSR count). The second-order valence-corrected chi connectivity index (χ2v) is 4.93. The summed E-state index contributed by atoms with van der Waals surface area (Å²) in [6.45, 7) is 0.241. The van der Waals surface area contributed by atoms with Gasteiger partial charge in [0.25, 0.3) is 5.91 Å². The molecule has 1 aromatic heterocycles. The van der Waals surface area contributed by atoms with E-state index >= 15 is 0 Å². The van der Waals surface area contributed by atoms with Crippen LogP contribution in [0.4, 0.5) is 4.39 Å². The van der Waals surface area contributed by atoms with E-state index in [1.165, 1.54) is 24.7 Å². The second-order valence-electron chi connectivity index (χ2n) is 4.93. The summed E-state index contributed by atoms with van der Waals surface area (Å²) in [5, 5.41) is 9.84. The van der Waals surface area contributed by atoms with Gasteiger partial charge in [-0.05, 0) is 30.2 Å². The summed E-state index contributed by atoms with van der Waals surface area (Å²) >= 11 is 0. The number of hydrogen-bond acceptors (Lipinski definition) is 3. The second kappa shape index (κ2) is 5.09. The van der Waals surface area contributed by atoms with Crippen molar-refractivity contribution < 1.29 is 18.7 Å². The highest BCUT2D eigenvalue weighted by Crippen LogP contribution is 2.33. The van der Waals surface area contributed by atoms with Crippen LogP contribution in [0.3, 0.4) is 0 Å².